The number of hydrogen-bond acceptors (Lipinski definition) is 5. The van der Waals surface area contributed by atoms with Crippen LogP contribution in [0, 0.1) is 0 Å². The summed E-state index contributed by atoms with van der Waals surface area (Å²) in [7, 11) is 1.35. The van der Waals surface area contributed by atoms with Crippen molar-refractivity contribution in [3.05, 3.63) is 156 Å². The molecule has 2 N–H and O–H groups in total. The molecule has 0 aromatic heterocycles. The van der Waals surface area contributed by atoms with Gasteiger partial charge in [-0.2, -0.15) is 0 Å². The molecule has 42 heavy (non-hydrogen) atoms. The highest BCUT2D eigenvalue weighted by molar-refractivity contribution is 5.67. The van der Waals surface area contributed by atoms with E-state index in [-0.39, 0.29) is 25.4 Å². The van der Waals surface area contributed by atoms with Gasteiger partial charge in [-0.25, -0.2) is 4.79 Å². The van der Waals surface area contributed by atoms with Crippen LogP contribution < -0.4 is 5.32 Å². The predicted octanol–water partition coefficient (Wildman–Crippen LogP) is 6.63. The Morgan fingerprint density at radius 2 is 1.29 bits per heavy atom. The van der Waals surface area contributed by atoms with Gasteiger partial charge in [-0.1, -0.05) is 133 Å². The molecule has 4 aromatic carbocycles. The second-order valence-corrected chi connectivity index (χ2v) is 9.95. The number of alkyl carbamates (subject to hydrolysis) is 1. The Labute approximate surface area is 248 Å². The second kappa shape index (κ2) is 16.3. The maximum absolute atomic E-state index is 12.4. The number of rotatable bonds is 15. The topological polar surface area (TPSA) is 77.0 Å². The maximum Gasteiger partial charge on any atom is 0.407 e. The summed E-state index contributed by atoms with van der Waals surface area (Å²) in [5, 5.41) is 12.4. The summed E-state index contributed by atoms with van der Waals surface area (Å²) in [5.41, 5.74) is 3.09. The van der Waals surface area contributed by atoms with Crippen LogP contribution in [0.25, 0.3) is 0 Å². The quantitative estimate of drug-likeness (QED) is 0.125. The molecule has 0 saturated heterocycles. The van der Waals surface area contributed by atoms with E-state index in [0.717, 1.165) is 22.3 Å². The summed E-state index contributed by atoms with van der Waals surface area (Å²) in [6.45, 7) is 0.570. The Bertz CT molecular complexity index is 1250. The Kier molecular flexibility index (Phi) is 11.9. The second-order valence-electron chi connectivity index (χ2n) is 9.95. The molecule has 4 aromatic rings. The molecular weight excluding hydrogens is 526 g/mol. The SMILES string of the molecule is COC(=O)N[C@H](CC[C@H](/C=C\CO)OCc1ccccc1)COC(c1ccccc1)(c1ccccc1)c1ccccc1. The minimum absolute atomic E-state index is 0.0775. The number of aliphatic hydroxyl groups excluding tert-OH is 1. The van der Waals surface area contributed by atoms with Gasteiger partial charge < -0.3 is 24.6 Å². The van der Waals surface area contributed by atoms with Gasteiger partial charge in [-0.05, 0) is 35.1 Å². The number of ether oxygens (including phenoxy) is 3. The number of nitrogens with one attached hydrogen (secondary N) is 1. The number of hydrogen-bond donors (Lipinski definition) is 2. The number of amides is 1. The molecule has 0 radical (unpaired) electrons. The summed E-state index contributed by atoms with van der Waals surface area (Å²) in [5.74, 6) is 0. The van der Waals surface area contributed by atoms with Crippen LogP contribution in [0.3, 0.4) is 0 Å². The van der Waals surface area contributed by atoms with Gasteiger partial charge in [0.15, 0.2) is 0 Å². The van der Waals surface area contributed by atoms with Crippen LogP contribution in [-0.2, 0) is 26.4 Å². The van der Waals surface area contributed by atoms with Crippen molar-refractivity contribution in [1.82, 2.24) is 5.32 Å². The molecule has 0 spiro atoms. The average molecular weight is 566 g/mol. The number of carbonyl (C=O) groups excluding carboxylic acids is 1. The molecule has 218 valence electrons. The molecule has 0 heterocycles. The molecule has 0 aliphatic rings. The van der Waals surface area contributed by atoms with Crippen molar-refractivity contribution in [3.8, 4) is 0 Å². The highest BCUT2D eigenvalue weighted by Gasteiger charge is 2.38. The lowest BCUT2D eigenvalue weighted by molar-refractivity contribution is -0.00430. The molecule has 0 fully saturated rings. The molecule has 0 unspecified atom stereocenters. The standard InChI is InChI=1S/C36H39NO5/c1-40-35(39)37-33(24-25-34(23-14-26-38)41-27-29-15-6-2-7-16-29)28-42-36(30-17-8-3-9-18-30,31-19-10-4-11-20-31)32-21-12-5-13-22-32/h2-23,33-34,38H,24-28H2,1H3,(H,37,39)/b23-14-/t33-,34+/m1/s1. The zero-order chi connectivity index (χ0) is 29.5. The van der Waals surface area contributed by atoms with E-state index >= 15 is 0 Å². The Morgan fingerprint density at radius 3 is 1.76 bits per heavy atom. The lowest BCUT2D eigenvalue weighted by Gasteiger charge is -2.37. The molecule has 0 bridgehead atoms. The zero-order valence-corrected chi connectivity index (χ0v) is 24.0. The van der Waals surface area contributed by atoms with Crippen LogP contribution in [0.5, 0.6) is 0 Å². The van der Waals surface area contributed by atoms with E-state index in [9.17, 15) is 9.90 Å². The number of aliphatic hydroxyl groups is 1. The van der Waals surface area contributed by atoms with Crippen LogP contribution in [0.4, 0.5) is 4.79 Å². The third-order valence-corrected chi connectivity index (χ3v) is 7.11. The van der Waals surface area contributed by atoms with Crippen molar-refractivity contribution in [2.24, 2.45) is 0 Å². The maximum atomic E-state index is 12.4. The average Bonchev–Trinajstić information content (AvgIpc) is 3.06. The summed E-state index contributed by atoms with van der Waals surface area (Å²) in [6, 6.07) is 40.0. The first-order valence-corrected chi connectivity index (χ1v) is 14.2. The molecule has 6 heteroatoms. The van der Waals surface area contributed by atoms with Crippen molar-refractivity contribution in [2.75, 3.05) is 20.3 Å². The predicted molar refractivity (Wildman–Crippen MR) is 165 cm³/mol. The first kappa shape index (κ1) is 30.7. The van der Waals surface area contributed by atoms with Gasteiger partial charge in [-0.3, -0.25) is 0 Å². The van der Waals surface area contributed by atoms with Crippen LogP contribution in [0.2, 0.25) is 0 Å². The number of benzene rings is 4. The van der Waals surface area contributed by atoms with Gasteiger partial charge in [0.25, 0.3) is 0 Å². The van der Waals surface area contributed by atoms with Crippen LogP contribution in [-0.4, -0.2) is 43.7 Å². The largest absolute Gasteiger partial charge is 0.453 e. The van der Waals surface area contributed by atoms with Gasteiger partial charge in [0.05, 0.1) is 39.1 Å². The molecule has 0 saturated carbocycles. The first-order valence-electron chi connectivity index (χ1n) is 14.2. The summed E-state index contributed by atoms with van der Waals surface area (Å²) in [4.78, 5) is 12.4. The smallest absolute Gasteiger partial charge is 0.407 e. The normalized spacial score (nSPS) is 13.0. The van der Waals surface area contributed by atoms with Crippen LogP contribution in [0.1, 0.15) is 35.1 Å². The van der Waals surface area contributed by atoms with Crippen LogP contribution >= 0.6 is 0 Å². The van der Waals surface area contributed by atoms with Crippen molar-refractivity contribution in [2.45, 2.75) is 37.2 Å². The summed E-state index contributed by atoms with van der Waals surface area (Å²) < 4.78 is 18.1. The number of methoxy groups -OCH3 is 1. The first-order chi connectivity index (χ1) is 20.7. The molecule has 1 amide bonds. The van der Waals surface area contributed by atoms with E-state index in [1.807, 2.05) is 91.0 Å². The fourth-order valence-corrected chi connectivity index (χ4v) is 5.01. The Balaban J connectivity index is 1.60. The Hall–Kier alpha value is -4.23. The van der Waals surface area contributed by atoms with Gasteiger partial charge in [0.2, 0.25) is 0 Å². The van der Waals surface area contributed by atoms with Crippen molar-refractivity contribution in [3.63, 3.8) is 0 Å². The van der Waals surface area contributed by atoms with Gasteiger partial charge >= 0.3 is 6.09 Å². The fraction of sp³-hybridized carbons (Fsp3) is 0.250. The van der Waals surface area contributed by atoms with E-state index in [4.69, 9.17) is 14.2 Å². The molecule has 6 nitrogen and oxygen atoms in total. The summed E-state index contributed by atoms with van der Waals surface area (Å²) >= 11 is 0. The van der Waals surface area contributed by atoms with E-state index in [1.165, 1.54) is 7.11 Å². The van der Waals surface area contributed by atoms with Gasteiger partial charge in [0, 0.05) is 0 Å². The van der Waals surface area contributed by atoms with E-state index < -0.39 is 11.7 Å². The molecular formula is C36H39NO5. The van der Waals surface area contributed by atoms with Gasteiger partial charge in [-0.15, -0.1) is 0 Å². The van der Waals surface area contributed by atoms with Crippen molar-refractivity contribution in [1.29, 1.82) is 0 Å². The van der Waals surface area contributed by atoms with E-state index in [0.29, 0.717) is 19.4 Å². The lowest BCUT2D eigenvalue weighted by atomic mass is 9.80. The van der Waals surface area contributed by atoms with Gasteiger partial charge in [0.1, 0.15) is 5.60 Å². The van der Waals surface area contributed by atoms with E-state index in [1.54, 1.807) is 6.08 Å². The third-order valence-electron chi connectivity index (χ3n) is 7.11. The minimum Gasteiger partial charge on any atom is -0.453 e. The third kappa shape index (κ3) is 8.40. The molecule has 4 rings (SSSR count). The summed E-state index contributed by atoms with van der Waals surface area (Å²) in [6.07, 6.45) is 3.90. The zero-order valence-electron chi connectivity index (χ0n) is 24.0. The molecule has 0 aliphatic carbocycles. The lowest BCUT2D eigenvalue weighted by Crippen LogP contribution is -2.43. The molecule has 0 aliphatic heterocycles. The van der Waals surface area contributed by atoms with Crippen molar-refractivity contribution >= 4 is 6.09 Å². The fourth-order valence-electron chi connectivity index (χ4n) is 5.01. The Morgan fingerprint density at radius 1 is 0.786 bits per heavy atom. The monoisotopic (exact) mass is 565 g/mol. The molecule has 2 atom stereocenters. The number of carbonyl (C=O) groups is 1. The van der Waals surface area contributed by atoms with Crippen LogP contribution in [0.15, 0.2) is 133 Å². The highest BCUT2D eigenvalue weighted by Crippen LogP contribution is 2.40. The highest BCUT2D eigenvalue weighted by atomic mass is 16.5. The minimum atomic E-state index is -0.917. The van der Waals surface area contributed by atoms with E-state index in [2.05, 4.69) is 41.7 Å². The van der Waals surface area contributed by atoms with Crippen molar-refractivity contribution < 1.29 is 24.1 Å².